The molecule has 1 N–H and O–H groups in total. The highest BCUT2D eigenvalue weighted by atomic mass is 16.5. The third-order valence-corrected chi connectivity index (χ3v) is 1.98. The highest BCUT2D eigenvalue weighted by Crippen LogP contribution is 2.34. The molecular weight excluding hydrogens is 226 g/mol. The Morgan fingerprint density at radius 3 is 2.65 bits per heavy atom. The first-order chi connectivity index (χ1) is 8.13. The van der Waals surface area contributed by atoms with Gasteiger partial charge >= 0.3 is 5.97 Å². The topological polar surface area (TPSA) is 85.2 Å². The van der Waals surface area contributed by atoms with Crippen LogP contribution in [0.2, 0.25) is 0 Å². The Hall–Kier alpha value is -2.33. The predicted octanol–water partition coefficient (Wildman–Crippen LogP) is 1.76. The number of isocyanates is 1. The molecule has 0 saturated heterocycles. The zero-order valence-corrected chi connectivity index (χ0v) is 9.39. The van der Waals surface area contributed by atoms with E-state index >= 15 is 0 Å². The van der Waals surface area contributed by atoms with Gasteiger partial charge in [0.25, 0.3) is 0 Å². The van der Waals surface area contributed by atoms with Crippen LogP contribution >= 0.6 is 0 Å². The van der Waals surface area contributed by atoms with Gasteiger partial charge in [-0.15, -0.1) is 0 Å². The minimum Gasteiger partial charge on any atom is -0.493 e. The fourth-order valence-electron chi connectivity index (χ4n) is 1.29. The predicted molar refractivity (Wildman–Crippen MR) is 58.9 cm³/mol. The number of carboxylic acids is 1. The molecule has 0 bridgehead atoms. The summed E-state index contributed by atoms with van der Waals surface area (Å²) in [7, 11) is 1.41. The van der Waals surface area contributed by atoms with Crippen LogP contribution in [0.1, 0.15) is 17.3 Å². The second kappa shape index (κ2) is 5.67. The maximum Gasteiger partial charge on any atom is 0.338 e. The van der Waals surface area contributed by atoms with Gasteiger partial charge in [0.2, 0.25) is 6.08 Å². The summed E-state index contributed by atoms with van der Waals surface area (Å²) in [4.78, 5) is 24.5. The first-order valence-corrected chi connectivity index (χ1v) is 4.80. The molecule has 0 fully saturated rings. The van der Waals surface area contributed by atoms with Crippen molar-refractivity contribution in [3.05, 3.63) is 17.7 Å². The van der Waals surface area contributed by atoms with Gasteiger partial charge in [-0.1, -0.05) is 0 Å². The van der Waals surface area contributed by atoms with E-state index in [9.17, 15) is 9.59 Å². The molecule has 0 aromatic heterocycles. The summed E-state index contributed by atoms with van der Waals surface area (Å²) in [6, 6.07) is 2.58. The standard InChI is InChI=1S/C11H11NO5/c1-3-17-10-4-7(11(14)15)8(12-6-13)5-9(10)16-2/h4-5H,3H2,1-2H3,(H,14,15). The summed E-state index contributed by atoms with van der Waals surface area (Å²) >= 11 is 0. The molecule has 6 nitrogen and oxygen atoms in total. The van der Waals surface area contributed by atoms with Crippen LogP contribution in [0.15, 0.2) is 17.1 Å². The van der Waals surface area contributed by atoms with Gasteiger partial charge in [0.05, 0.1) is 25.0 Å². The number of ether oxygens (including phenoxy) is 2. The number of aliphatic imine (C=N–C) groups is 1. The van der Waals surface area contributed by atoms with E-state index in [0.29, 0.717) is 12.4 Å². The molecule has 1 aromatic carbocycles. The summed E-state index contributed by atoms with van der Waals surface area (Å²) < 4.78 is 10.2. The molecule has 0 spiro atoms. The van der Waals surface area contributed by atoms with Gasteiger partial charge in [0.1, 0.15) is 0 Å². The van der Waals surface area contributed by atoms with Crippen LogP contribution in [-0.2, 0) is 4.79 Å². The van der Waals surface area contributed by atoms with E-state index in [1.807, 2.05) is 0 Å². The van der Waals surface area contributed by atoms with E-state index in [2.05, 4.69) is 4.99 Å². The molecule has 0 heterocycles. The van der Waals surface area contributed by atoms with Crippen molar-refractivity contribution in [3.8, 4) is 11.5 Å². The van der Waals surface area contributed by atoms with Crippen molar-refractivity contribution in [1.29, 1.82) is 0 Å². The average molecular weight is 237 g/mol. The summed E-state index contributed by atoms with van der Waals surface area (Å²) in [6.45, 7) is 2.13. The fraction of sp³-hybridized carbons (Fsp3) is 0.273. The maximum absolute atomic E-state index is 11.0. The Bertz CT molecular complexity index is 477. The fourth-order valence-corrected chi connectivity index (χ4v) is 1.29. The van der Waals surface area contributed by atoms with Crippen molar-refractivity contribution in [2.45, 2.75) is 6.92 Å². The number of hydrogen-bond donors (Lipinski definition) is 1. The number of hydrogen-bond acceptors (Lipinski definition) is 5. The van der Waals surface area contributed by atoms with Crippen molar-refractivity contribution < 1.29 is 24.2 Å². The van der Waals surface area contributed by atoms with Crippen LogP contribution in [0.25, 0.3) is 0 Å². The van der Waals surface area contributed by atoms with Gasteiger partial charge in [-0.2, -0.15) is 4.99 Å². The Morgan fingerprint density at radius 2 is 2.18 bits per heavy atom. The number of carbonyl (C=O) groups excluding carboxylic acids is 1. The van der Waals surface area contributed by atoms with E-state index in [4.69, 9.17) is 14.6 Å². The molecule has 1 aromatic rings. The second-order valence-electron chi connectivity index (χ2n) is 2.96. The molecule has 0 aliphatic heterocycles. The number of nitrogens with zero attached hydrogens (tertiary/aromatic N) is 1. The summed E-state index contributed by atoms with van der Waals surface area (Å²) in [5.74, 6) is -0.606. The third kappa shape index (κ3) is 2.83. The molecule has 0 atom stereocenters. The van der Waals surface area contributed by atoms with Crippen LogP contribution in [0, 0.1) is 0 Å². The highest BCUT2D eigenvalue weighted by Gasteiger charge is 2.16. The summed E-state index contributed by atoms with van der Waals surface area (Å²) in [5, 5.41) is 8.96. The lowest BCUT2D eigenvalue weighted by Crippen LogP contribution is -2.01. The molecular formula is C11H11NO5. The van der Waals surface area contributed by atoms with Gasteiger partial charge in [-0.05, 0) is 6.92 Å². The summed E-state index contributed by atoms with van der Waals surface area (Å²) in [5.41, 5.74) is -0.162. The number of rotatable bonds is 5. The Labute approximate surface area is 97.5 Å². The van der Waals surface area contributed by atoms with Crippen molar-refractivity contribution in [2.24, 2.45) is 4.99 Å². The van der Waals surface area contributed by atoms with E-state index in [0.717, 1.165) is 0 Å². The zero-order valence-electron chi connectivity index (χ0n) is 9.39. The van der Waals surface area contributed by atoms with Crippen molar-refractivity contribution in [1.82, 2.24) is 0 Å². The van der Waals surface area contributed by atoms with Crippen LogP contribution < -0.4 is 9.47 Å². The third-order valence-electron chi connectivity index (χ3n) is 1.98. The van der Waals surface area contributed by atoms with Gasteiger partial charge in [0.15, 0.2) is 11.5 Å². The second-order valence-corrected chi connectivity index (χ2v) is 2.96. The van der Waals surface area contributed by atoms with Gasteiger partial charge in [-0.25, -0.2) is 9.59 Å². The first-order valence-electron chi connectivity index (χ1n) is 4.80. The van der Waals surface area contributed by atoms with E-state index in [1.165, 1.54) is 25.3 Å². The van der Waals surface area contributed by atoms with Crippen LogP contribution in [-0.4, -0.2) is 30.9 Å². The highest BCUT2D eigenvalue weighted by molar-refractivity contribution is 5.95. The molecule has 0 aliphatic carbocycles. The van der Waals surface area contributed by atoms with Crippen LogP contribution in [0.5, 0.6) is 11.5 Å². The normalized spacial score (nSPS) is 9.29. The molecule has 6 heteroatoms. The van der Waals surface area contributed by atoms with E-state index in [-0.39, 0.29) is 17.0 Å². The van der Waals surface area contributed by atoms with Crippen molar-refractivity contribution in [2.75, 3.05) is 13.7 Å². The lowest BCUT2D eigenvalue weighted by Gasteiger charge is -2.11. The van der Waals surface area contributed by atoms with Gasteiger partial charge in [-0.3, -0.25) is 0 Å². The molecule has 0 unspecified atom stereocenters. The van der Waals surface area contributed by atoms with Crippen molar-refractivity contribution in [3.63, 3.8) is 0 Å². The van der Waals surface area contributed by atoms with Gasteiger partial charge in [0, 0.05) is 12.1 Å². The number of aromatic carboxylic acids is 1. The monoisotopic (exact) mass is 237 g/mol. The molecule has 0 amide bonds. The first kappa shape index (κ1) is 12.7. The average Bonchev–Trinajstić information content (AvgIpc) is 2.30. The Morgan fingerprint density at radius 1 is 1.47 bits per heavy atom. The van der Waals surface area contributed by atoms with Gasteiger partial charge < -0.3 is 14.6 Å². The molecule has 17 heavy (non-hydrogen) atoms. The molecule has 0 saturated carbocycles. The molecule has 0 aliphatic rings. The molecule has 1 rings (SSSR count). The van der Waals surface area contributed by atoms with E-state index < -0.39 is 5.97 Å². The Balaban J connectivity index is 3.41. The number of carboxylic acid groups (broad SMARTS) is 1. The van der Waals surface area contributed by atoms with Crippen molar-refractivity contribution >= 4 is 17.7 Å². The lowest BCUT2D eigenvalue weighted by atomic mass is 10.1. The van der Waals surface area contributed by atoms with Crippen LogP contribution in [0.3, 0.4) is 0 Å². The quantitative estimate of drug-likeness (QED) is 0.623. The minimum atomic E-state index is -1.21. The summed E-state index contributed by atoms with van der Waals surface area (Å²) in [6.07, 6.45) is 1.30. The molecule has 0 radical (unpaired) electrons. The van der Waals surface area contributed by atoms with E-state index in [1.54, 1.807) is 6.92 Å². The SMILES string of the molecule is CCOc1cc(C(=O)O)c(N=C=O)cc1OC. The van der Waals surface area contributed by atoms with Crippen LogP contribution in [0.4, 0.5) is 5.69 Å². The number of benzene rings is 1. The zero-order chi connectivity index (χ0) is 12.8. The largest absolute Gasteiger partial charge is 0.493 e. The smallest absolute Gasteiger partial charge is 0.338 e. The Kier molecular flexibility index (Phi) is 4.25. The minimum absolute atomic E-state index is 0.0206. The molecule has 90 valence electrons. The maximum atomic E-state index is 11.0. The lowest BCUT2D eigenvalue weighted by molar-refractivity contribution is 0.0697. The number of methoxy groups -OCH3 is 1. The number of carbonyl (C=O) groups is 1.